The molecule has 162 valence electrons. The highest BCUT2D eigenvalue weighted by Gasteiger charge is 2.24. The largest absolute Gasteiger partial charge is 0.490 e. The Morgan fingerprint density at radius 3 is 2.81 bits per heavy atom. The van der Waals surface area contributed by atoms with Crippen LogP contribution in [0.25, 0.3) is 22.4 Å². The monoisotopic (exact) mass is 422 g/mol. The number of benzene rings is 1. The van der Waals surface area contributed by atoms with Crippen LogP contribution in [-0.2, 0) is 22.4 Å². The van der Waals surface area contributed by atoms with Gasteiger partial charge in [-0.3, -0.25) is 4.79 Å². The number of nitrogens with zero attached hydrogens (tertiary/aromatic N) is 2. The molecular formula is C24H26N2O5. The third kappa shape index (κ3) is 3.58. The van der Waals surface area contributed by atoms with Gasteiger partial charge in [-0.2, -0.15) is 0 Å². The first kappa shape index (κ1) is 20.0. The van der Waals surface area contributed by atoms with Crippen molar-refractivity contribution in [2.45, 2.75) is 39.8 Å². The molecule has 0 amide bonds. The second kappa shape index (κ2) is 7.98. The summed E-state index contributed by atoms with van der Waals surface area (Å²) in [4.78, 5) is 12.8. The van der Waals surface area contributed by atoms with Gasteiger partial charge in [-0.25, -0.2) is 0 Å². The molecule has 0 bridgehead atoms. The minimum absolute atomic E-state index is 0.0446. The van der Waals surface area contributed by atoms with Crippen molar-refractivity contribution in [3.05, 3.63) is 57.2 Å². The van der Waals surface area contributed by atoms with Gasteiger partial charge in [0.1, 0.15) is 24.2 Å². The fourth-order valence-electron chi connectivity index (χ4n) is 4.58. The topological polar surface area (TPSA) is 75.7 Å². The number of hydrogen-bond acceptors (Lipinski definition) is 6. The SMILES string of the molecule is Cc1noc(C)c1-c1ccc2c(c1)CCn1c-2c(C)c(OC[C@@H]2COCCO2)cc1=O. The summed E-state index contributed by atoms with van der Waals surface area (Å²) in [5, 5.41) is 4.08. The van der Waals surface area contributed by atoms with Gasteiger partial charge in [0.05, 0.1) is 31.2 Å². The molecule has 1 fully saturated rings. The zero-order valence-electron chi connectivity index (χ0n) is 18.1. The number of fused-ring (bicyclic) bond motifs is 3. The van der Waals surface area contributed by atoms with E-state index in [1.807, 2.05) is 25.3 Å². The summed E-state index contributed by atoms with van der Waals surface area (Å²) in [6.45, 7) is 8.59. The summed E-state index contributed by atoms with van der Waals surface area (Å²) in [5.41, 5.74) is 7.12. The van der Waals surface area contributed by atoms with Gasteiger partial charge in [0, 0.05) is 29.3 Å². The van der Waals surface area contributed by atoms with Crippen LogP contribution in [0.3, 0.4) is 0 Å². The first-order valence-corrected chi connectivity index (χ1v) is 10.7. The van der Waals surface area contributed by atoms with E-state index in [1.165, 1.54) is 5.56 Å². The second-order valence-corrected chi connectivity index (χ2v) is 8.17. The minimum Gasteiger partial charge on any atom is -0.490 e. The highest BCUT2D eigenvalue weighted by Crippen LogP contribution is 2.37. The highest BCUT2D eigenvalue weighted by molar-refractivity contribution is 5.77. The van der Waals surface area contributed by atoms with Crippen molar-refractivity contribution >= 4 is 0 Å². The zero-order chi connectivity index (χ0) is 21.5. The van der Waals surface area contributed by atoms with Crippen LogP contribution >= 0.6 is 0 Å². The van der Waals surface area contributed by atoms with E-state index in [4.69, 9.17) is 18.7 Å². The van der Waals surface area contributed by atoms with Crippen molar-refractivity contribution in [3.63, 3.8) is 0 Å². The molecule has 3 aromatic rings. The van der Waals surface area contributed by atoms with Gasteiger partial charge >= 0.3 is 0 Å². The molecular weight excluding hydrogens is 396 g/mol. The van der Waals surface area contributed by atoms with Crippen LogP contribution in [0.1, 0.15) is 22.6 Å². The number of hydrogen-bond donors (Lipinski definition) is 0. The molecule has 5 rings (SSSR count). The maximum atomic E-state index is 12.8. The normalized spacial score (nSPS) is 17.8. The smallest absolute Gasteiger partial charge is 0.254 e. The maximum absolute atomic E-state index is 12.8. The molecule has 0 radical (unpaired) electrons. The molecule has 7 nitrogen and oxygen atoms in total. The summed E-state index contributed by atoms with van der Waals surface area (Å²) < 4.78 is 24.3. The Morgan fingerprint density at radius 2 is 2.06 bits per heavy atom. The predicted molar refractivity (Wildman–Crippen MR) is 116 cm³/mol. The number of aryl methyl sites for hydroxylation is 3. The molecule has 31 heavy (non-hydrogen) atoms. The second-order valence-electron chi connectivity index (χ2n) is 8.17. The van der Waals surface area contributed by atoms with Gasteiger partial charge in [-0.05, 0) is 38.3 Å². The Bertz CT molecular complexity index is 1170. The summed E-state index contributed by atoms with van der Waals surface area (Å²) in [6, 6.07) is 7.95. The van der Waals surface area contributed by atoms with E-state index < -0.39 is 0 Å². The summed E-state index contributed by atoms with van der Waals surface area (Å²) in [5.74, 6) is 1.42. The molecule has 2 aliphatic rings. The number of rotatable bonds is 4. The molecule has 4 heterocycles. The Balaban J connectivity index is 1.51. The Hall–Kier alpha value is -2.90. The van der Waals surface area contributed by atoms with Crippen LogP contribution in [0, 0.1) is 20.8 Å². The molecule has 1 aromatic carbocycles. The van der Waals surface area contributed by atoms with Crippen LogP contribution in [-0.4, -0.2) is 42.3 Å². The molecule has 0 saturated carbocycles. The zero-order valence-corrected chi connectivity index (χ0v) is 18.1. The maximum Gasteiger partial charge on any atom is 0.254 e. The molecule has 0 N–H and O–H groups in total. The quantitative estimate of drug-likeness (QED) is 0.641. The first-order chi connectivity index (χ1) is 15.0. The number of pyridine rings is 1. The van der Waals surface area contributed by atoms with Gasteiger partial charge in [0.25, 0.3) is 5.56 Å². The predicted octanol–water partition coefficient (Wildman–Crippen LogP) is 3.45. The van der Waals surface area contributed by atoms with Gasteiger partial charge in [0.2, 0.25) is 0 Å². The fraction of sp³-hybridized carbons (Fsp3) is 0.417. The van der Waals surface area contributed by atoms with E-state index >= 15 is 0 Å². The van der Waals surface area contributed by atoms with Crippen LogP contribution in [0.4, 0.5) is 0 Å². The van der Waals surface area contributed by atoms with Crippen LogP contribution in [0.15, 0.2) is 33.6 Å². The van der Waals surface area contributed by atoms with Crippen LogP contribution in [0.5, 0.6) is 5.75 Å². The summed E-state index contributed by atoms with van der Waals surface area (Å²) >= 11 is 0. The Kier molecular flexibility index (Phi) is 5.16. The molecule has 2 aliphatic heterocycles. The van der Waals surface area contributed by atoms with Crippen LogP contribution in [0.2, 0.25) is 0 Å². The van der Waals surface area contributed by atoms with Crippen molar-refractivity contribution in [3.8, 4) is 28.1 Å². The lowest BCUT2D eigenvalue weighted by Crippen LogP contribution is -2.34. The standard InChI is InChI=1S/C24H26N2O5/c1-14-21(30-13-19-12-28-8-9-29-19)11-22(27)26-7-6-17-10-18(4-5-20(17)24(14)26)23-15(2)25-31-16(23)3/h4-5,10-11,19H,6-9,12-13H2,1-3H3/t19-/m0/s1. The van der Waals surface area contributed by atoms with Crippen molar-refractivity contribution in [2.75, 3.05) is 26.4 Å². The molecule has 0 aliphatic carbocycles. The van der Waals surface area contributed by atoms with E-state index in [-0.39, 0.29) is 11.7 Å². The molecule has 0 unspecified atom stereocenters. The Labute approximate surface area is 180 Å². The molecule has 7 heteroatoms. The van der Waals surface area contributed by atoms with Gasteiger partial charge in [-0.1, -0.05) is 23.4 Å². The third-order valence-corrected chi connectivity index (χ3v) is 6.11. The van der Waals surface area contributed by atoms with E-state index in [0.29, 0.717) is 38.7 Å². The Morgan fingerprint density at radius 1 is 1.19 bits per heavy atom. The van der Waals surface area contributed by atoms with E-state index in [0.717, 1.165) is 45.8 Å². The fourth-order valence-corrected chi connectivity index (χ4v) is 4.58. The lowest BCUT2D eigenvalue weighted by Gasteiger charge is -2.27. The van der Waals surface area contributed by atoms with Gasteiger partial charge in [-0.15, -0.1) is 0 Å². The molecule has 1 saturated heterocycles. The average Bonchev–Trinajstić information content (AvgIpc) is 3.12. The first-order valence-electron chi connectivity index (χ1n) is 10.7. The van der Waals surface area contributed by atoms with E-state index in [9.17, 15) is 4.79 Å². The summed E-state index contributed by atoms with van der Waals surface area (Å²) in [6.07, 6.45) is 0.684. The molecule has 2 aromatic heterocycles. The lowest BCUT2D eigenvalue weighted by molar-refractivity contribution is -0.101. The highest BCUT2D eigenvalue weighted by atomic mass is 16.6. The van der Waals surface area contributed by atoms with Gasteiger partial charge in [0.15, 0.2) is 0 Å². The number of aromatic nitrogens is 2. The number of ether oxygens (including phenoxy) is 3. The van der Waals surface area contributed by atoms with E-state index in [2.05, 4.69) is 23.4 Å². The van der Waals surface area contributed by atoms with E-state index in [1.54, 1.807) is 6.07 Å². The lowest BCUT2D eigenvalue weighted by atomic mass is 9.91. The minimum atomic E-state index is -0.114. The van der Waals surface area contributed by atoms with Crippen molar-refractivity contribution in [1.29, 1.82) is 0 Å². The summed E-state index contributed by atoms with van der Waals surface area (Å²) in [7, 11) is 0. The van der Waals surface area contributed by atoms with Crippen molar-refractivity contribution in [1.82, 2.24) is 9.72 Å². The third-order valence-electron chi connectivity index (χ3n) is 6.11. The van der Waals surface area contributed by atoms with Gasteiger partial charge < -0.3 is 23.3 Å². The van der Waals surface area contributed by atoms with Crippen LogP contribution < -0.4 is 10.3 Å². The molecule has 0 spiro atoms. The van der Waals surface area contributed by atoms with Crippen molar-refractivity contribution in [2.24, 2.45) is 0 Å². The molecule has 1 atom stereocenters. The average molecular weight is 422 g/mol. The van der Waals surface area contributed by atoms with Crippen molar-refractivity contribution < 1.29 is 18.7 Å².